The number of amides is 1. The predicted molar refractivity (Wildman–Crippen MR) is 69.4 cm³/mol. The molecule has 3 aliphatic carbocycles. The molecule has 3 nitrogen and oxygen atoms in total. The molecule has 5 heteroatoms. The lowest BCUT2D eigenvalue weighted by Crippen LogP contribution is -2.74. The van der Waals surface area contributed by atoms with Crippen LogP contribution in [0.5, 0.6) is 5.75 Å². The normalized spacial score (nSPS) is 31.1. The third-order valence-corrected chi connectivity index (χ3v) is 4.11. The first-order valence-corrected chi connectivity index (χ1v) is 6.52. The average molecular weight is 283 g/mol. The topological polar surface area (TPSA) is 38.3 Å². The van der Waals surface area contributed by atoms with Gasteiger partial charge in [0.05, 0.1) is 5.02 Å². The van der Waals surface area contributed by atoms with Crippen LogP contribution in [0.1, 0.15) is 19.3 Å². The van der Waals surface area contributed by atoms with Crippen molar-refractivity contribution in [3.05, 3.63) is 36.0 Å². The lowest BCUT2D eigenvalue weighted by atomic mass is 9.40. The first kappa shape index (κ1) is 12.7. The van der Waals surface area contributed by atoms with E-state index < -0.39 is 5.82 Å². The van der Waals surface area contributed by atoms with Crippen LogP contribution < -0.4 is 10.1 Å². The zero-order valence-electron chi connectivity index (χ0n) is 10.3. The number of halogens is 2. The fourth-order valence-corrected chi connectivity index (χ4v) is 3.30. The molecule has 0 saturated heterocycles. The van der Waals surface area contributed by atoms with E-state index in [0.29, 0.717) is 5.75 Å². The van der Waals surface area contributed by atoms with Crippen LogP contribution in [0.15, 0.2) is 18.2 Å². The molecule has 1 aromatic rings. The zero-order chi connectivity index (χ0) is 13.7. The van der Waals surface area contributed by atoms with Crippen LogP contribution in [-0.2, 0) is 4.79 Å². The zero-order valence-corrected chi connectivity index (χ0v) is 11.1. The molecular weight excluding hydrogens is 269 g/mol. The summed E-state index contributed by atoms with van der Waals surface area (Å²) in [5.74, 6) is -0.446. The molecule has 0 unspecified atom stereocenters. The van der Waals surface area contributed by atoms with Crippen molar-refractivity contribution in [3.8, 4) is 5.75 Å². The summed E-state index contributed by atoms with van der Waals surface area (Å²) in [4.78, 5) is 11.7. The Morgan fingerprint density at radius 2 is 2.16 bits per heavy atom. The van der Waals surface area contributed by atoms with Crippen LogP contribution in [0.4, 0.5) is 4.39 Å². The second-order valence-corrected chi connectivity index (χ2v) is 6.13. The Balaban J connectivity index is 1.49. The largest absolute Gasteiger partial charge is 0.484 e. The van der Waals surface area contributed by atoms with Crippen molar-refractivity contribution in [2.24, 2.45) is 5.41 Å². The third-order valence-electron chi connectivity index (χ3n) is 3.81. The van der Waals surface area contributed by atoms with Crippen molar-refractivity contribution < 1.29 is 13.9 Å². The van der Waals surface area contributed by atoms with Crippen molar-refractivity contribution in [3.63, 3.8) is 0 Å². The van der Waals surface area contributed by atoms with E-state index in [-0.39, 0.29) is 28.5 Å². The number of rotatable bonds is 4. The van der Waals surface area contributed by atoms with Gasteiger partial charge in [0.2, 0.25) is 0 Å². The van der Waals surface area contributed by atoms with E-state index in [0.717, 1.165) is 19.3 Å². The summed E-state index contributed by atoms with van der Waals surface area (Å²) >= 11 is 5.56. The van der Waals surface area contributed by atoms with Gasteiger partial charge in [0.15, 0.2) is 6.61 Å². The molecular formula is C14H14ClFNO2. The summed E-state index contributed by atoms with van der Waals surface area (Å²) in [5.41, 5.74) is 0.154. The second kappa shape index (κ2) is 4.10. The summed E-state index contributed by atoms with van der Waals surface area (Å²) < 4.78 is 18.4. The third kappa shape index (κ3) is 2.29. The van der Waals surface area contributed by atoms with Crippen LogP contribution in [-0.4, -0.2) is 18.1 Å². The highest BCUT2D eigenvalue weighted by atomic mass is 35.5. The molecule has 0 heterocycles. The minimum absolute atomic E-state index is 0.0337. The van der Waals surface area contributed by atoms with Gasteiger partial charge in [-0.3, -0.25) is 4.79 Å². The van der Waals surface area contributed by atoms with Crippen LogP contribution in [0, 0.1) is 18.2 Å². The van der Waals surface area contributed by atoms with Gasteiger partial charge in [-0.1, -0.05) is 11.6 Å². The molecule has 19 heavy (non-hydrogen) atoms. The Labute approximate surface area is 116 Å². The van der Waals surface area contributed by atoms with Gasteiger partial charge in [0.25, 0.3) is 5.91 Å². The minimum atomic E-state index is -0.557. The summed E-state index contributed by atoms with van der Waals surface area (Å²) in [6.45, 7) is 3.95. The number of nitrogens with one attached hydrogen (secondary N) is 1. The number of benzene rings is 1. The highest BCUT2D eigenvalue weighted by Crippen LogP contribution is 2.66. The van der Waals surface area contributed by atoms with Crippen LogP contribution >= 0.6 is 11.6 Å². The van der Waals surface area contributed by atoms with E-state index >= 15 is 0 Å². The minimum Gasteiger partial charge on any atom is -0.484 e. The van der Waals surface area contributed by atoms with Crippen molar-refractivity contribution in [2.75, 3.05) is 6.61 Å². The summed E-state index contributed by atoms with van der Waals surface area (Å²) in [6.07, 6.45) is 2.84. The van der Waals surface area contributed by atoms with E-state index in [1.165, 1.54) is 18.2 Å². The molecule has 1 N–H and O–H groups in total. The number of carbonyl (C=O) groups is 1. The molecule has 3 aliphatic rings. The van der Waals surface area contributed by atoms with Crippen molar-refractivity contribution in [2.45, 2.75) is 24.8 Å². The lowest BCUT2D eigenvalue weighted by molar-refractivity contribution is -0.148. The van der Waals surface area contributed by atoms with E-state index in [2.05, 4.69) is 12.2 Å². The summed E-state index contributed by atoms with van der Waals surface area (Å²) in [5, 5.41) is 2.99. The standard InChI is InChI=1S/C14H14ClFNO2/c1-13-6-14(7-13,8-13)17-12(18)5-19-9-2-3-10(15)11(16)4-9/h2-4H,1,5-8H2,(H,17,18). The molecule has 2 bridgehead atoms. The van der Waals surface area contributed by atoms with Crippen LogP contribution in [0.25, 0.3) is 0 Å². The summed E-state index contributed by atoms with van der Waals surface area (Å²) in [7, 11) is 0. The van der Waals surface area contributed by atoms with E-state index in [4.69, 9.17) is 16.3 Å². The highest BCUT2D eigenvalue weighted by molar-refractivity contribution is 6.30. The van der Waals surface area contributed by atoms with E-state index in [9.17, 15) is 9.18 Å². The molecule has 1 amide bonds. The first-order valence-electron chi connectivity index (χ1n) is 6.14. The number of hydrogen-bond acceptors (Lipinski definition) is 2. The van der Waals surface area contributed by atoms with Gasteiger partial charge < -0.3 is 10.1 Å². The molecule has 3 fully saturated rings. The molecule has 0 spiro atoms. The smallest absolute Gasteiger partial charge is 0.258 e. The summed E-state index contributed by atoms with van der Waals surface area (Å²) in [6, 6.07) is 4.10. The van der Waals surface area contributed by atoms with Crippen molar-refractivity contribution in [1.29, 1.82) is 0 Å². The van der Waals surface area contributed by atoms with Crippen LogP contribution in [0.2, 0.25) is 5.02 Å². The molecule has 3 saturated carbocycles. The fourth-order valence-electron chi connectivity index (χ4n) is 3.18. The molecule has 0 aromatic heterocycles. The van der Waals surface area contributed by atoms with Gasteiger partial charge in [-0.25, -0.2) is 4.39 Å². The predicted octanol–water partition coefficient (Wildman–Crippen LogP) is 2.73. The Hall–Kier alpha value is -1.29. The SMILES string of the molecule is [CH2]C12CC(NC(=O)COc3ccc(Cl)c(F)c3)(C1)C2. The Kier molecular flexibility index (Phi) is 2.75. The van der Waals surface area contributed by atoms with Gasteiger partial charge >= 0.3 is 0 Å². The number of ether oxygens (including phenoxy) is 1. The van der Waals surface area contributed by atoms with E-state index in [1.807, 2.05) is 0 Å². The maximum Gasteiger partial charge on any atom is 0.258 e. The quantitative estimate of drug-likeness (QED) is 0.922. The van der Waals surface area contributed by atoms with Crippen LogP contribution in [0.3, 0.4) is 0 Å². The van der Waals surface area contributed by atoms with Gasteiger partial charge in [-0.05, 0) is 43.7 Å². The molecule has 1 aromatic carbocycles. The van der Waals surface area contributed by atoms with Crippen molar-refractivity contribution >= 4 is 17.5 Å². The lowest BCUT2D eigenvalue weighted by Gasteiger charge is -2.69. The first-order chi connectivity index (χ1) is 8.90. The Morgan fingerprint density at radius 1 is 1.47 bits per heavy atom. The molecule has 101 valence electrons. The van der Waals surface area contributed by atoms with Gasteiger partial charge in [-0.2, -0.15) is 0 Å². The second-order valence-electron chi connectivity index (χ2n) is 5.72. The Bertz CT molecular complexity index is 526. The van der Waals surface area contributed by atoms with Gasteiger partial charge in [0.1, 0.15) is 11.6 Å². The molecule has 1 radical (unpaired) electrons. The molecule has 4 rings (SSSR count). The molecule has 0 atom stereocenters. The highest BCUT2D eigenvalue weighted by Gasteiger charge is 2.65. The molecule has 0 aliphatic heterocycles. The number of hydrogen-bond donors (Lipinski definition) is 1. The number of carbonyl (C=O) groups excluding carboxylic acids is 1. The van der Waals surface area contributed by atoms with Gasteiger partial charge in [0, 0.05) is 11.6 Å². The maximum atomic E-state index is 13.2. The van der Waals surface area contributed by atoms with E-state index in [1.54, 1.807) is 0 Å². The fraction of sp³-hybridized carbons (Fsp3) is 0.429. The van der Waals surface area contributed by atoms with Crippen molar-refractivity contribution in [1.82, 2.24) is 5.32 Å². The monoisotopic (exact) mass is 282 g/mol. The Morgan fingerprint density at radius 3 is 2.74 bits per heavy atom. The maximum absolute atomic E-state index is 13.2. The van der Waals surface area contributed by atoms with Gasteiger partial charge in [-0.15, -0.1) is 0 Å². The average Bonchev–Trinajstić information content (AvgIpc) is 2.27.